The molecule has 0 aromatic heterocycles. The van der Waals surface area contributed by atoms with Crippen LogP contribution in [0.2, 0.25) is 0 Å². The summed E-state index contributed by atoms with van der Waals surface area (Å²) in [6.07, 6.45) is 1.34. The van der Waals surface area contributed by atoms with Crippen LogP contribution in [0, 0.1) is 18.7 Å². The lowest BCUT2D eigenvalue weighted by Crippen LogP contribution is -2.30. The van der Waals surface area contributed by atoms with Crippen molar-refractivity contribution in [3.8, 4) is 0 Å². The Morgan fingerprint density at radius 1 is 1.53 bits per heavy atom. The van der Waals surface area contributed by atoms with Crippen LogP contribution >= 0.6 is 0 Å². The van der Waals surface area contributed by atoms with E-state index in [0.29, 0.717) is 12.8 Å². The molecule has 1 aromatic rings. The molecule has 0 amide bonds. The minimum absolute atomic E-state index is 0.121. The number of aryl methyl sites for hydroxylation is 1. The van der Waals surface area contributed by atoms with Gasteiger partial charge < -0.3 is 0 Å². The number of rotatable bonds is 4. The topological polar surface area (TPSA) is 72.2 Å². The molecule has 1 saturated heterocycles. The van der Waals surface area contributed by atoms with Crippen molar-refractivity contribution in [3.63, 3.8) is 0 Å². The number of benzene rings is 1. The van der Waals surface area contributed by atoms with Gasteiger partial charge in [-0.05, 0) is 48.9 Å². The predicted octanol–water partition coefficient (Wildman–Crippen LogP) is 1.46. The Hall–Kier alpha value is -0.980. The predicted molar refractivity (Wildman–Crippen MR) is 72.6 cm³/mol. The van der Waals surface area contributed by atoms with Crippen LogP contribution < -0.4 is 11.3 Å². The number of nitrogens with one attached hydrogen (secondary N) is 1. The zero-order valence-corrected chi connectivity index (χ0v) is 11.7. The minimum atomic E-state index is -2.88. The van der Waals surface area contributed by atoms with Gasteiger partial charge in [-0.25, -0.2) is 12.8 Å². The van der Waals surface area contributed by atoms with Gasteiger partial charge in [0.1, 0.15) is 5.82 Å². The molecule has 19 heavy (non-hydrogen) atoms. The highest BCUT2D eigenvalue weighted by molar-refractivity contribution is 7.91. The Morgan fingerprint density at radius 3 is 2.79 bits per heavy atom. The lowest BCUT2D eigenvalue weighted by Gasteiger charge is -2.21. The van der Waals surface area contributed by atoms with Gasteiger partial charge in [-0.15, -0.1) is 0 Å². The van der Waals surface area contributed by atoms with E-state index in [-0.39, 0.29) is 29.3 Å². The van der Waals surface area contributed by atoms with E-state index < -0.39 is 9.84 Å². The largest absolute Gasteiger partial charge is 0.271 e. The first-order valence-electron chi connectivity index (χ1n) is 6.34. The van der Waals surface area contributed by atoms with E-state index in [1.165, 1.54) is 12.1 Å². The number of nitrogens with two attached hydrogens (primary N) is 1. The molecule has 6 heteroatoms. The zero-order chi connectivity index (χ0) is 14.0. The second-order valence-electron chi connectivity index (χ2n) is 5.22. The van der Waals surface area contributed by atoms with Crippen LogP contribution in [0.15, 0.2) is 18.2 Å². The van der Waals surface area contributed by atoms with E-state index in [1.807, 2.05) is 6.92 Å². The van der Waals surface area contributed by atoms with Gasteiger partial charge in [-0.3, -0.25) is 11.3 Å². The van der Waals surface area contributed by atoms with Gasteiger partial charge in [-0.1, -0.05) is 6.07 Å². The minimum Gasteiger partial charge on any atom is -0.271 e. The van der Waals surface area contributed by atoms with Gasteiger partial charge in [0.05, 0.1) is 11.5 Å². The molecule has 4 nitrogen and oxygen atoms in total. The van der Waals surface area contributed by atoms with Gasteiger partial charge in [-0.2, -0.15) is 0 Å². The fourth-order valence-electron chi connectivity index (χ4n) is 2.71. The second kappa shape index (κ2) is 5.56. The molecule has 1 aromatic carbocycles. The smallest absolute Gasteiger partial charge is 0.150 e. The number of sulfone groups is 1. The molecule has 1 aliphatic heterocycles. The molecule has 0 aliphatic carbocycles. The molecule has 1 fully saturated rings. The highest BCUT2D eigenvalue weighted by Crippen LogP contribution is 2.30. The van der Waals surface area contributed by atoms with Gasteiger partial charge in [0.2, 0.25) is 0 Å². The van der Waals surface area contributed by atoms with Crippen LogP contribution in [0.25, 0.3) is 0 Å². The third-order valence-corrected chi connectivity index (χ3v) is 5.54. The molecule has 1 heterocycles. The molecule has 3 N–H and O–H groups in total. The number of hydrogen-bond acceptors (Lipinski definition) is 4. The summed E-state index contributed by atoms with van der Waals surface area (Å²) in [6.45, 7) is 1.83. The van der Waals surface area contributed by atoms with Gasteiger partial charge >= 0.3 is 0 Å². The zero-order valence-electron chi connectivity index (χ0n) is 10.9. The van der Waals surface area contributed by atoms with Crippen molar-refractivity contribution in [1.82, 2.24) is 5.43 Å². The van der Waals surface area contributed by atoms with Crippen LogP contribution in [-0.4, -0.2) is 19.9 Å². The van der Waals surface area contributed by atoms with Crippen molar-refractivity contribution in [2.75, 3.05) is 11.5 Å². The molecule has 0 radical (unpaired) electrons. The van der Waals surface area contributed by atoms with E-state index in [1.54, 1.807) is 6.07 Å². The Morgan fingerprint density at radius 2 is 2.26 bits per heavy atom. The summed E-state index contributed by atoms with van der Waals surface area (Å²) >= 11 is 0. The Bertz CT molecular complexity index is 560. The molecular weight excluding hydrogens is 267 g/mol. The van der Waals surface area contributed by atoms with Crippen molar-refractivity contribution in [1.29, 1.82) is 0 Å². The first-order chi connectivity index (χ1) is 8.91. The lowest BCUT2D eigenvalue weighted by molar-refractivity contribution is 0.419. The summed E-state index contributed by atoms with van der Waals surface area (Å²) in [5.74, 6) is 5.90. The molecule has 0 saturated carbocycles. The molecule has 2 atom stereocenters. The van der Waals surface area contributed by atoms with E-state index in [9.17, 15) is 12.8 Å². The van der Waals surface area contributed by atoms with Gasteiger partial charge in [0.15, 0.2) is 9.84 Å². The summed E-state index contributed by atoms with van der Waals surface area (Å²) < 4.78 is 36.0. The fourth-order valence-corrected chi connectivity index (χ4v) is 4.59. The first kappa shape index (κ1) is 14.4. The highest BCUT2D eigenvalue weighted by atomic mass is 32.2. The maximum absolute atomic E-state index is 13.1. The first-order valence-corrected chi connectivity index (χ1v) is 8.16. The average molecular weight is 286 g/mol. The Balaban J connectivity index is 2.12. The van der Waals surface area contributed by atoms with Crippen LogP contribution in [0.4, 0.5) is 4.39 Å². The average Bonchev–Trinajstić information content (AvgIpc) is 2.66. The quantitative estimate of drug-likeness (QED) is 0.649. The number of hydrazine groups is 1. The monoisotopic (exact) mass is 286 g/mol. The molecule has 0 bridgehead atoms. The summed E-state index contributed by atoms with van der Waals surface area (Å²) in [4.78, 5) is 0. The van der Waals surface area contributed by atoms with Crippen molar-refractivity contribution < 1.29 is 12.8 Å². The van der Waals surface area contributed by atoms with Crippen molar-refractivity contribution >= 4 is 9.84 Å². The molecule has 1 aliphatic rings. The third kappa shape index (κ3) is 3.52. The molecular formula is C13H19FN2O2S. The van der Waals surface area contributed by atoms with Crippen LogP contribution in [-0.2, 0) is 9.84 Å². The SMILES string of the molecule is Cc1cc(F)ccc1C(CC1CCS(=O)(=O)C1)NN. The highest BCUT2D eigenvalue weighted by Gasteiger charge is 2.30. The summed E-state index contributed by atoms with van der Waals surface area (Å²) in [7, 11) is -2.88. The molecule has 0 spiro atoms. The van der Waals surface area contributed by atoms with Gasteiger partial charge in [0.25, 0.3) is 0 Å². The molecule has 106 valence electrons. The van der Waals surface area contributed by atoms with Crippen molar-refractivity contribution in [3.05, 3.63) is 35.1 Å². The van der Waals surface area contributed by atoms with E-state index in [4.69, 9.17) is 5.84 Å². The third-order valence-electron chi connectivity index (χ3n) is 3.70. The van der Waals surface area contributed by atoms with Gasteiger partial charge in [0, 0.05) is 6.04 Å². The molecule has 2 unspecified atom stereocenters. The Kier molecular flexibility index (Phi) is 4.23. The second-order valence-corrected chi connectivity index (χ2v) is 7.45. The normalized spacial score (nSPS) is 23.4. The summed E-state index contributed by atoms with van der Waals surface area (Å²) in [6, 6.07) is 4.43. The van der Waals surface area contributed by atoms with Crippen LogP contribution in [0.3, 0.4) is 0 Å². The van der Waals surface area contributed by atoms with E-state index in [0.717, 1.165) is 11.1 Å². The number of hydrogen-bond donors (Lipinski definition) is 2. The summed E-state index contributed by atoms with van der Waals surface area (Å²) in [5, 5.41) is 0. The van der Waals surface area contributed by atoms with Crippen LogP contribution in [0.1, 0.15) is 30.0 Å². The fraction of sp³-hybridized carbons (Fsp3) is 0.538. The summed E-state index contributed by atoms with van der Waals surface area (Å²) in [5.41, 5.74) is 4.46. The standard InChI is InChI=1S/C13H19FN2O2S/c1-9-6-11(14)2-3-12(9)13(16-15)7-10-4-5-19(17,18)8-10/h2-3,6,10,13,16H,4-5,7-8,15H2,1H3. The van der Waals surface area contributed by atoms with E-state index >= 15 is 0 Å². The number of halogens is 1. The lowest BCUT2D eigenvalue weighted by atomic mass is 9.92. The van der Waals surface area contributed by atoms with Crippen LogP contribution in [0.5, 0.6) is 0 Å². The maximum atomic E-state index is 13.1. The Labute approximate surface area is 113 Å². The molecule has 2 rings (SSSR count). The van der Waals surface area contributed by atoms with Crippen molar-refractivity contribution in [2.24, 2.45) is 11.8 Å². The van der Waals surface area contributed by atoms with E-state index in [2.05, 4.69) is 5.43 Å². The maximum Gasteiger partial charge on any atom is 0.150 e. The van der Waals surface area contributed by atoms with Crippen molar-refractivity contribution in [2.45, 2.75) is 25.8 Å².